The second-order valence-corrected chi connectivity index (χ2v) is 10.9. The topological polar surface area (TPSA) is 71.0 Å². The summed E-state index contributed by atoms with van der Waals surface area (Å²) < 4.78 is 51.4. The molecule has 1 aromatic carbocycles. The van der Waals surface area contributed by atoms with Crippen LogP contribution < -0.4 is 4.90 Å². The van der Waals surface area contributed by atoms with Crippen LogP contribution in [0.4, 0.5) is 19.0 Å². The molecular weight excluding hydrogens is 511 g/mol. The van der Waals surface area contributed by atoms with E-state index in [2.05, 4.69) is 14.9 Å². The highest BCUT2D eigenvalue weighted by molar-refractivity contribution is 5.94. The molecule has 5 heterocycles. The SMILES string of the molecule is Cc1c(C(=O)N2CCC(N3CCO[C@H]4COCC[C@H]43)CC2)ncnc1N1CCc2ccc(C(F)(F)F)cc2C1. The van der Waals surface area contributed by atoms with E-state index in [1.165, 1.54) is 12.4 Å². The molecule has 0 N–H and O–H groups in total. The Morgan fingerprint density at radius 1 is 1.03 bits per heavy atom. The average molecular weight is 546 g/mol. The van der Waals surface area contributed by atoms with Gasteiger partial charge < -0.3 is 19.3 Å². The van der Waals surface area contributed by atoms with Crippen LogP contribution in [-0.4, -0.2) is 89.9 Å². The van der Waals surface area contributed by atoms with Gasteiger partial charge in [-0.2, -0.15) is 13.2 Å². The van der Waals surface area contributed by atoms with Gasteiger partial charge in [0.1, 0.15) is 17.8 Å². The number of carbonyl (C=O) groups excluding carboxylic acids is 1. The molecule has 4 aliphatic rings. The molecular formula is C28H34F3N5O3. The third-order valence-electron chi connectivity index (χ3n) is 8.70. The molecule has 1 aromatic heterocycles. The van der Waals surface area contributed by atoms with E-state index in [-0.39, 0.29) is 12.0 Å². The molecule has 210 valence electrons. The third-order valence-corrected chi connectivity index (χ3v) is 8.70. The maximum absolute atomic E-state index is 13.6. The first kappa shape index (κ1) is 26.5. The number of rotatable bonds is 3. The molecule has 3 saturated heterocycles. The van der Waals surface area contributed by atoms with Gasteiger partial charge in [-0.25, -0.2) is 9.97 Å². The normalized spacial score (nSPS) is 24.8. The highest BCUT2D eigenvalue weighted by Crippen LogP contribution is 2.34. The van der Waals surface area contributed by atoms with Gasteiger partial charge in [-0.05, 0) is 55.9 Å². The van der Waals surface area contributed by atoms with E-state index in [0.29, 0.717) is 80.5 Å². The van der Waals surface area contributed by atoms with Crippen molar-refractivity contribution < 1.29 is 27.4 Å². The predicted octanol–water partition coefficient (Wildman–Crippen LogP) is 3.46. The van der Waals surface area contributed by atoms with Gasteiger partial charge in [0.2, 0.25) is 0 Å². The van der Waals surface area contributed by atoms with E-state index < -0.39 is 11.7 Å². The molecule has 2 aromatic rings. The van der Waals surface area contributed by atoms with Gasteiger partial charge in [0.05, 0.1) is 24.9 Å². The minimum absolute atomic E-state index is 0.114. The Labute approximate surface area is 226 Å². The lowest BCUT2D eigenvalue weighted by atomic mass is 9.95. The van der Waals surface area contributed by atoms with E-state index in [1.54, 1.807) is 6.07 Å². The zero-order chi connectivity index (χ0) is 27.1. The van der Waals surface area contributed by atoms with Crippen molar-refractivity contribution in [3.63, 3.8) is 0 Å². The summed E-state index contributed by atoms with van der Waals surface area (Å²) in [6.07, 6.45) is 0.533. The first-order chi connectivity index (χ1) is 18.8. The van der Waals surface area contributed by atoms with Gasteiger partial charge in [0.25, 0.3) is 5.91 Å². The van der Waals surface area contributed by atoms with Gasteiger partial charge in [-0.15, -0.1) is 0 Å². The first-order valence-electron chi connectivity index (χ1n) is 13.8. The average Bonchev–Trinajstić information content (AvgIpc) is 2.96. The van der Waals surface area contributed by atoms with Crippen molar-refractivity contribution in [1.82, 2.24) is 19.8 Å². The number of hydrogen-bond acceptors (Lipinski definition) is 7. The molecule has 11 heteroatoms. The minimum Gasteiger partial charge on any atom is -0.379 e. The molecule has 0 radical (unpaired) electrons. The van der Waals surface area contributed by atoms with E-state index in [1.807, 2.05) is 16.7 Å². The third kappa shape index (κ3) is 5.24. The molecule has 0 spiro atoms. The fourth-order valence-electron chi connectivity index (χ4n) is 6.61. The van der Waals surface area contributed by atoms with Gasteiger partial charge in [-0.1, -0.05) is 6.07 Å². The molecule has 0 unspecified atom stereocenters. The zero-order valence-electron chi connectivity index (χ0n) is 22.1. The Hall–Kier alpha value is -2.76. The molecule has 3 fully saturated rings. The van der Waals surface area contributed by atoms with Crippen molar-refractivity contribution in [3.8, 4) is 0 Å². The van der Waals surface area contributed by atoms with Crippen molar-refractivity contribution >= 4 is 11.7 Å². The van der Waals surface area contributed by atoms with Crippen molar-refractivity contribution in [2.75, 3.05) is 50.9 Å². The number of morpholine rings is 1. The number of aromatic nitrogens is 2. The number of hydrogen-bond donors (Lipinski definition) is 0. The van der Waals surface area contributed by atoms with Gasteiger partial charge in [-0.3, -0.25) is 9.69 Å². The Morgan fingerprint density at radius 2 is 1.85 bits per heavy atom. The van der Waals surface area contributed by atoms with E-state index in [9.17, 15) is 18.0 Å². The Bertz CT molecular complexity index is 1220. The van der Waals surface area contributed by atoms with Gasteiger partial charge in [0.15, 0.2) is 0 Å². The van der Waals surface area contributed by atoms with E-state index >= 15 is 0 Å². The maximum atomic E-state index is 13.6. The Kier molecular flexibility index (Phi) is 7.24. The number of piperidine rings is 1. The van der Waals surface area contributed by atoms with Crippen molar-refractivity contribution in [2.45, 2.75) is 63.5 Å². The van der Waals surface area contributed by atoms with Crippen LogP contribution in [0.2, 0.25) is 0 Å². The molecule has 0 bridgehead atoms. The summed E-state index contributed by atoms with van der Waals surface area (Å²) in [5, 5.41) is 0. The molecule has 4 aliphatic heterocycles. The summed E-state index contributed by atoms with van der Waals surface area (Å²) in [4.78, 5) is 28.7. The second kappa shape index (κ2) is 10.7. The number of nitrogens with zero attached hydrogens (tertiary/aromatic N) is 5. The van der Waals surface area contributed by atoms with Crippen LogP contribution in [-0.2, 0) is 28.6 Å². The lowest BCUT2D eigenvalue weighted by molar-refractivity contribution is -0.148. The van der Waals surface area contributed by atoms with Crippen molar-refractivity contribution in [2.24, 2.45) is 0 Å². The molecule has 6 rings (SSSR count). The fraction of sp³-hybridized carbons (Fsp3) is 0.607. The molecule has 8 nitrogen and oxygen atoms in total. The number of ether oxygens (including phenoxy) is 2. The number of amides is 1. The van der Waals surface area contributed by atoms with Crippen LogP contribution in [0.5, 0.6) is 0 Å². The van der Waals surface area contributed by atoms with Crippen LogP contribution in [0.3, 0.4) is 0 Å². The van der Waals surface area contributed by atoms with Gasteiger partial charge >= 0.3 is 6.18 Å². The summed E-state index contributed by atoms with van der Waals surface area (Å²) >= 11 is 0. The molecule has 1 amide bonds. The number of likely N-dealkylation sites (tertiary alicyclic amines) is 1. The lowest BCUT2D eigenvalue weighted by Gasteiger charge is -2.49. The first-order valence-corrected chi connectivity index (χ1v) is 13.8. The Balaban J connectivity index is 1.13. The van der Waals surface area contributed by atoms with Crippen molar-refractivity contribution in [3.05, 3.63) is 52.5 Å². The number of alkyl halides is 3. The summed E-state index contributed by atoms with van der Waals surface area (Å²) in [7, 11) is 0. The monoisotopic (exact) mass is 545 g/mol. The summed E-state index contributed by atoms with van der Waals surface area (Å²) in [5.41, 5.74) is 1.94. The number of carbonyl (C=O) groups is 1. The highest BCUT2D eigenvalue weighted by Gasteiger charge is 2.40. The smallest absolute Gasteiger partial charge is 0.379 e. The second-order valence-electron chi connectivity index (χ2n) is 10.9. The van der Waals surface area contributed by atoms with Crippen LogP contribution >= 0.6 is 0 Å². The number of anilines is 1. The predicted molar refractivity (Wildman–Crippen MR) is 138 cm³/mol. The fourth-order valence-corrected chi connectivity index (χ4v) is 6.61. The number of fused-ring (bicyclic) bond motifs is 2. The molecule has 39 heavy (non-hydrogen) atoms. The molecule has 0 aliphatic carbocycles. The lowest BCUT2D eigenvalue weighted by Crippen LogP contribution is -2.60. The zero-order valence-corrected chi connectivity index (χ0v) is 22.1. The molecule has 0 saturated carbocycles. The number of benzene rings is 1. The molecule has 2 atom stereocenters. The van der Waals surface area contributed by atoms with E-state index in [0.717, 1.165) is 44.0 Å². The summed E-state index contributed by atoms with van der Waals surface area (Å²) in [5.74, 6) is 0.488. The van der Waals surface area contributed by atoms with E-state index in [4.69, 9.17) is 9.47 Å². The highest BCUT2D eigenvalue weighted by atomic mass is 19.4. The summed E-state index contributed by atoms with van der Waals surface area (Å²) in [6, 6.07) is 4.74. The van der Waals surface area contributed by atoms with Crippen LogP contribution in [0.1, 0.15) is 52.0 Å². The standard InChI is InChI=1S/C28H34F3N5O3/c1-18-25(27(37)34-9-5-22(6-10-34)36-11-13-39-24-16-38-12-7-23(24)36)32-17-33-26(18)35-8-4-19-2-3-21(28(29,30)31)14-20(19)15-35/h2-3,14,17,22-24H,4-13,15-16H2,1H3/t23-,24+/m1/s1. The van der Waals surface area contributed by atoms with Gasteiger partial charge in [0, 0.05) is 57.0 Å². The largest absolute Gasteiger partial charge is 0.416 e. The van der Waals surface area contributed by atoms with Crippen molar-refractivity contribution in [1.29, 1.82) is 0 Å². The minimum atomic E-state index is -4.39. The van der Waals surface area contributed by atoms with Crippen LogP contribution in [0.15, 0.2) is 24.5 Å². The quantitative estimate of drug-likeness (QED) is 0.585. The van der Waals surface area contributed by atoms with Crippen LogP contribution in [0.25, 0.3) is 0 Å². The summed E-state index contributed by atoms with van der Waals surface area (Å²) in [6.45, 7) is 7.11. The number of halogens is 3. The Morgan fingerprint density at radius 3 is 2.64 bits per heavy atom. The maximum Gasteiger partial charge on any atom is 0.416 e. The van der Waals surface area contributed by atoms with Crippen LogP contribution in [0, 0.1) is 6.92 Å².